The molecular weight excluding hydrogens is 436 g/mol. The van der Waals surface area contributed by atoms with E-state index >= 15 is 0 Å². The van der Waals surface area contributed by atoms with E-state index in [1.807, 2.05) is 0 Å². The number of nitrogens with zero attached hydrogens (tertiary/aromatic N) is 1. The van der Waals surface area contributed by atoms with E-state index in [1.54, 1.807) is 11.1 Å². The van der Waals surface area contributed by atoms with Crippen molar-refractivity contribution < 1.29 is 0 Å². The fourth-order valence-corrected chi connectivity index (χ4v) is 7.57. The molecule has 2 aliphatic rings. The molecule has 3 heteroatoms. The number of benzene rings is 1. The second-order valence-corrected chi connectivity index (χ2v) is 16.8. The maximum atomic E-state index is 2.78. The van der Waals surface area contributed by atoms with Crippen LogP contribution in [0.15, 0.2) is 24.3 Å². The third-order valence-electron chi connectivity index (χ3n) is 4.35. The van der Waals surface area contributed by atoms with Gasteiger partial charge in [-0.2, -0.15) is 0 Å². The zero-order valence-electron chi connectivity index (χ0n) is 10.3. The Balaban J connectivity index is 1.72. The molecule has 1 aromatic carbocycles. The van der Waals surface area contributed by atoms with Crippen molar-refractivity contribution in [1.29, 1.82) is 0 Å². The Bertz CT molecular complexity index is 381. The molecule has 1 spiro atoms. The molecule has 1 fully saturated rings. The van der Waals surface area contributed by atoms with Crippen LogP contribution in [0.3, 0.4) is 0 Å². The van der Waals surface area contributed by atoms with E-state index in [2.05, 4.69) is 50.9 Å². The minimum atomic E-state index is -0.746. The van der Waals surface area contributed by atoms with Crippen molar-refractivity contribution in [2.24, 2.45) is 5.41 Å². The van der Waals surface area contributed by atoms with Gasteiger partial charge in [-0.25, -0.2) is 0 Å². The SMILES string of the molecule is CI(I)N1CCC2(CC1)Cc1ccccc1C2. The molecule has 0 unspecified atom stereocenters. The van der Waals surface area contributed by atoms with E-state index in [9.17, 15) is 0 Å². The Labute approximate surface area is 121 Å². The van der Waals surface area contributed by atoms with Crippen LogP contribution in [0, 0.1) is 5.41 Å². The van der Waals surface area contributed by atoms with Crippen molar-refractivity contribution in [2.75, 3.05) is 18.0 Å². The summed E-state index contributed by atoms with van der Waals surface area (Å²) < 4.78 is 2.78. The van der Waals surface area contributed by atoms with Gasteiger partial charge >= 0.3 is 122 Å². The van der Waals surface area contributed by atoms with Crippen molar-refractivity contribution in [3.8, 4) is 0 Å². The monoisotopic (exact) mass is 455 g/mol. The number of fused-ring (bicyclic) bond motifs is 1. The maximum absolute atomic E-state index is 2.78. The van der Waals surface area contributed by atoms with Crippen LogP contribution in [0.4, 0.5) is 0 Å². The van der Waals surface area contributed by atoms with Crippen molar-refractivity contribution in [3.05, 3.63) is 35.4 Å². The van der Waals surface area contributed by atoms with Crippen molar-refractivity contribution in [2.45, 2.75) is 25.7 Å². The molecular formula is C14H19I2N. The van der Waals surface area contributed by atoms with Crippen LogP contribution >= 0.6 is 34.7 Å². The fraction of sp³-hybridized carbons (Fsp3) is 0.571. The molecule has 1 aromatic rings. The number of halogens is 2. The van der Waals surface area contributed by atoms with Gasteiger partial charge in [-0.05, 0) is 0 Å². The number of hydrogen-bond acceptors (Lipinski definition) is 1. The topological polar surface area (TPSA) is 3.24 Å². The Morgan fingerprint density at radius 1 is 1.12 bits per heavy atom. The summed E-state index contributed by atoms with van der Waals surface area (Å²) in [6.07, 6.45) is 5.53. The first kappa shape index (κ1) is 12.7. The molecule has 0 saturated carbocycles. The van der Waals surface area contributed by atoms with Crippen molar-refractivity contribution in [1.82, 2.24) is 3.11 Å². The fourth-order valence-electron chi connectivity index (χ4n) is 3.31. The van der Waals surface area contributed by atoms with Gasteiger partial charge in [-0.1, -0.05) is 0 Å². The molecule has 0 aromatic heterocycles. The molecule has 0 bridgehead atoms. The molecule has 1 heterocycles. The quantitative estimate of drug-likeness (QED) is 0.348. The van der Waals surface area contributed by atoms with Gasteiger partial charge in [0.2, 0.25) is 0 Å². The summed E-state index contributed by atoms with van der Waals surface area (Å²) in [5, 5.41) is 0. The summed E-state index contributed by atoms with van der Waals surface area (Å²) in [6.45, 7) is 2.72. The first-order chi connectivity index (χ1) is 8.19. The number of piperidine rings is 1. The number of hydrogen-bond donors (Lipinski definition) is 0. The Morgan fingerprint density at radius 2 is 1.65 bits per heavy atom. The molecule has 1 saturated heterocycles. The first-order valence-corrected chi connectivity index (χ1v) is 15.7. The molecule has 1 nitrogen and oxygen atoms in total. The standard InChI is InChI=1S/C14H19I2N/c1-16(15)17-8-6-14(7-9-17)10-12-4-2-3-5-13(12)11-14/h2-5H,6-11H2,1H3. The zero-order valence-corrected chi connectivity index (χ0v) is 14.6. The van der Waals surface area contributed by atoms with Crippen LogP contribution in [0.25, 0.3) is 0 Å². The van der Waals surface area contributed by atoms with Gasteiger partial charge in [0, 0.05) is 0 Å². The molecule has 0 amide bonds. The van der Waals surface area contributed by atoms with Crippen LogP contribution < -0.4 is 0 Å². The molecule has 0 N–H and O–H groups in total. The molecule has 0 atom stereocenters. The van der Waals surface area contributed by atoms with E-state index < -0.39 is 16.1 Å². The average Bonchev–Trinajstić information content (AvgIpc) is 2.67. The summed E-state index contributed by atoms with van der Waals surface area (Å²) in [5.74, 6) is 0. The summed E-state index contributed by atoms with van der Waals surface area (Å²) in [4.78, 5) is 2.46. The van der Waals surface area contributed by atoms with Crippen molar-refractivity contribution in [3.63, 3.8) is 0 Å². The van der Waals surface area contributed by atoms with Gasteiger partial charge in [0.15, 0.2) is 0 Å². The van der Waals surface area contributed by atoms with Crippen LogP contribution in [-0.2, 0) is 12.8 Å². The molecule has 3 rings (SSSR count). The van der Waals surface area contributed by atoms with Gasteiger partial charge in [0.05, 0.1) is 0 Å². The van der Waals surface area contributed by atoms with Gasteiger partial charge in [-0.3, -0.25) is 0 Å². The van der Waals surface area contributed by atoms with Gasteiger partial charge in [0.25, 0.3) is 0 Å². The van der Waals surface area contributed by atoms with E-state index in [-0.39, 0.29) is 0 Å². The third kappa shape index (κ3) is 2.52. The normalized spacial score (nSPS) is 23.8. The van der Waals surface area contributed by atoms with Crippen LogP contribution in [-0.4, -0.2) is 21.1 Å². The summed E-state index contributed by atoms with van der Waals surface area (Å²) in [5.41, 5.74) is 3.88. The Kier molecular flexibility index (Phi) is 3.70. The minimum absolute atomic E-state index is 0.628. The molecule has 17 heavy (non-hydrogen) atoms. The van der Waals surface area contributed by atoms with E-state index in [1.165, 1.54) is 38.8 Å². The molecule has 1 aliphatic heterocycles. The van der Waals surface area contributed by atoms with E-state index in [4.69, 9.17) is 0 Å². The van der Waals surface area contributed by atoms with Crippen LogP contribution in [0.5, 0.6) is 0 Å². The predicted molar refractivity (Wildman–Crippen MR) is 91.1 cm³/mol. The third-order valence-corrected chi connectivity index (χ3v) is 10.7. The van der Waals surface area contributed by atoms with Gasteiger partial charge in [-0.15, -0.1) is 0 Å². The van der Waals surface area contributed by atoms with Crippen molar-refractivity contribution >= 4 is 34.7 Å². The predicted octanol–water partition coefficient (Wildman–Crippen LogP) is 4.27. The summed E-state index contributed by atoms with van der Waals surface area (Å²) in [6, 6.07) is 9.09. The van der Waals surface area contributed by atoms with E-state index in [0.717, 1.165) is 0 Å². The van der Waals surface area contributed by atoms with Gasteiger partial charge < -0.3 is 0 Å². The Hall–Kier alpha value is 0.640. The van der Waals surface area contributed by atoms with Crippen LogP contribution in [0.2, 0.25) is 0 Å². The zero-order chi connectivity index (χ0) is 11.9. The summed E-state index contributed by atoms with van der Waals surface area (Å²) in [7, 11) is 0. The second kappa shape index (κ2) is 4.96. The number of rotatable bonds is 1. The number of alkyl halides is 1. The molecule has 0 radical (unpaired) electrons. The average molecular weight is 455 g/mol. The van der Waals surface area contributed by atoms with Gasteiger partial charge in [0.1, 0.15) is 0 Å². The van der Waals surface area contributed by atoms with E-state index in [0.29, 0.717) is 5.41 Å². The second-order valence-electron chi connectivity index (χ2n) is 5.41. The first-order valence-electron chi connectivity index (χ1n) is 6.27. The Morgan fingerprint density at radius 3 is 2.12 bits per heavy atom. The molecule has 94 valence electrons. The van der Waals surface area contributed by atoms with Crippen LogP contribution in [0.1, 0.15) is 24.0 Å². The molecule has 1 aliphatic carbocycles. The summed E-state index contributed by atoms with van der Waals surface area (Å²) >= 11 is 1.95.